The number of nitro groups is 1. The van der Waals surface area contributed by atoms with Crippen LogP contribution >= 0.6 is 0 Å². The van der Waals surface area contributed by atoms with E-state index >= 15 is 0 Å². The Bertz CT molecular complexity index is 683. The lowest BCUT2D eigenvalue weighted by Gasteiger charge is -2.07. The summed E-state index contributed by atoms with van der Waals surface area (Å²) < 4.78 is 1.80. The third-order valence-electron chi connectivity index (χ3n) is 2.77. The van der Waals surface area contributed by atoms with Crippen molar-refractivity contribution in [1.82, 2.24) is 19.7 Å². The van der Waals surface area contributed by atoms with Crippen molar-refractivity contribution in [2.45, 2.75) is 20.0 Å². The zero-order chi connectivity index (χ0) is 15.4. The molecule has 0 spiro atoms. The van der Waals surface area contributed by atoms with E-state index in [1.165, 1.54) is 0 Å². The third-order valence-corrected chi connectivity index (χ3v) is 2.77. The molecule has 2 rings (SSSR count). The van der Waals surface area contributed by atoms with E-state index in [2.05, 4.69) is 20.5 Å². The van der Waals surface area contributed by atoms with Crippen LogP contribution in [-0.2, 0) is 13.1 Å². The van der Waals surface area contributed by atoms with Crippen molar-refractivity contribution in [3.63, 3.8) is 0 Å². The van der Waals surface area contributed by atoms with Crippen LogP contribution in [0.4, 0.5) is 11.5 Å². The van der Waals surface area contributed by atoms with Crippen LogP contribution in [0.5, 0.6) is 0 Å². The molecule has 0 unspecified atom stereocenters. The van der Waals surface area contributed by atoms with Gasteiger partial charge in [0.05, 0.1) is 11.5 Å². The van der Waals surface area contributed by atoms with E-state index in [0.717, 1.165) is 12.3 Å². The maximum absolute atomic E-state index is 11.0. The first kappa shape index (κ1) is 14.4. The van der Waals surface area contributed by atoms with Gasteiger partial charge in [-0.3, -0.25) is 10.1 Å². The van der Waals surface area contributed by atoms with Crippen LogP contribution in [-0.4, -0.2) is 35.7 Å². The van der Waals surface area contributed by atoms with Gasteiger partial charge in [0.2, 0.25) is 0 Å². The topological polar surface area (TPSA) is 136 Å². The smallest absolute Gasteiger partial charge is 0.342 e. The standard InChI is InChI=1S/C11H12N6O4/c1-2-16-6-14-15-10(16)5-13-9-3-7(11(18)19)8(4-12-9)17(20)21/h3-4,6H,2,5H2,1H3,(H,12,13)(H,18,19). The number of pyridine rings is 1. The number of carboxylic acid groups (broad SMARTS) is 1. The molecule has 2 N–H and O–H groups in total. The summed E-state index contributed by atoms with van der Waals surface area (Å²) in [7, 11) is 0. The van der Waals surface area contributed by atoms with Gasteiger partial charge in [0.15, 0.2) is 5.82 Å². The summed E-state index contributed by atoms with van der Waals surface area (Å²) in [5.41, 5.74) is -0.973. The Hall–Kier alpha value is -3.04. The first-order chi connectivity index (χ1) is 10.0. The monoisotopic (exact) mass is 292 g/mol. The van der Waals surface area contributed by atoms with Crippen LogP contribution in [0.15, 0.2) is 18.6 Å². The van der Waals surface area contributed by atoms with E-state index in [9.17, 15) is 14.9 Å². The zero-order valence-corrected chi connectivity index (χ0v) is 11.1. The molecule has 0 amide bonds. The van der Waals surface area contributed by atoms with Crippen LogP contribution in [0.2, 0.25) is 0 Å². The highest BCUT2D eigenvalue weighted by Gasteiger charge is 2.21. The predicted octanol–water partition coefficient (Wildman–Crippen LogP) is 0.911. The molecule has 10 heteroatoms. The van der Waals surface area contributed by atoms with Gasteiger partial charge in [0.1, 0.15) is 23.9 Å². The molecule has 0 radical (unpaired) electrons. The van der Waals surface area contributed by atoms with E-state index in [-0.39, 0.29) is 12.4 Å². The van der Waals surface area contributed by atoms with Crippen molar-refractivity contribution in [1.29, 1.82) is 0 Å². The number of hydrogen-bond donors (Lipinski definition) is 2. The highest BCUT2D eigenvalue weighted by atomic mass is 16.6. The number of aryl methyl sites for hydroxylation is 1. The van der Waals surface area contributed by atoms with Crippen LogP contribution in [0, 0.1) is 10.1 Å². The number of anilines is 1. The van der Waals surface area contributed by atoms with Crippen LogP contribution < -0.4 is 5.32 Å². The molecule has 10 nitrogen and oxygen atoms in total. The number of aromatic nitrogens is 4. The van der Waals surface area contributed by atoms with E-state index in [0.29, 0.717) is 12.4 Å². The molecule has 0 atom stereocenters. The van der Waals surface area contributed by atoms with Gasteiger partial charge in [-0.2, -0.15) is 0 Å². The van der Waals surface area contributed by atoms with Crippen molar-refractivity contribution >= 4 is 17.5 Å². The minimum Gasteiger partial charge on any atom is -0.477 e. The molecule has 0 aliphatic carbocycles. The summed E-state index contributed by atoms with van der Waals surface area (Å²) in [5.74, 6) is -0.526. The molecule has 2 aromatic rings. The molecule has 0 saturated carbocycles. The second-order valence-electron chi connectivity index (χ2n) is 4.04. The second kappa shape index (κ2) is 5.94. The molecule has 0 aromatic carbocycles. The lowest BCUT2D eigenvalue weighted by atomic mass is 10.2. The van der Waals surface area contributed by atoms with Gasteiger partial charge in [-0.15, -0.1) is 10.2 Å². The number of carbonyl (C=O) groups is 1. The summed E-state index contributed by atoms with van der Waals surface area (Å²) in [5, 5.41) is 30.2. The fourth-order valence-corrected chi connectivity index (χ4v) is 1.71. The van der Waals surface area contributed by atoms with E-state index in [4.69, 9.17) is 5.11 Å². The van der Waals surface area contributed by atoms with Gasteiger partial charge in [-0.1, -0.05) is 0 Å². The predicted molar refractivity (Wildman–Crippen MR) is 70.9 cm³/mol. The SMILES string of the molecule is CCn1cnnc1CNc1cc(C(=O)O)c([N+](=O)[O-])cn1. The molecule has 21 heavy (non-hydrogen) atoms. The van der Waals surface area contributed by atoms with Crippen LogP contribution in [0.25, 0.3) is 0 Å². The normalized spacial score (nSPS) is 10.3. The van der Waals surface area contributed by atoms with E-state index in [1.807, 2.05) is 6.92 Å². The Morgan fingerprint density at radius 2 is 2.33 bits per heavy atom. The maximum atomic E-state index is 11.0. The molecule has 0 fully saturated rings. The molecule has 0 aliphatic heterocycles. The number of carboxylic acids is 1. The Morgan fingerprint density at radius 3 is 2.95 bits per heavy atom. The first-order valence-corrected chi connectivity index (χ1v) is 6.01. The average molecular weight is 292 g/mol. The van der Waals surface area contributed by atoms with Gasteiger partial charge in [0.25, 0.3) is 0 Å². The quantitative estimate of drug-likeness (QED) is 0.592. The van der Waals surface area contributed by atoms with Crippen molar-refractivity contribution in [3.8, 4) is 0 Å². The number of aromatic carboxylic acids is 1. The number of hydrogen-bond acceptors (Lipinski definition) is 7. The molecular formula is C11H12N6O4. The number of nitrogens with one attached hydrogen (secondary N) is 1. The largest absolute Gasteiger partial charge is 0.477 e. The summed E-state index contributed by atoms with van der Waals surface area (Å²) in [6, 6.07) is 1.12. The minimum atomic E-state index is -1.39. The van der Waals surface area contributed by atoms with Crippen molar-refractivity contribution in [2.24, 2.45) is 0 Å². The van der Waals surface area contributed by atoms with E-state index < -0.39 is 22.1 Å². The van der Waals surface area contributed by atoms with Gasteiger partial charge in [0, 0.05) is 12.6 Å². The Morgan fingerprint density at radius 1 is 1.57 bits per heavy atom. The fraction of sp³-hybridized carbons (Fsp3) is 0.273. The van der Waals surface area contributed by atoms with Gasteiger partial charge in [-0.05, 0) is 6.92 Å². The summed E-state index contributed by atoms with van der Waals surface area (Å²) in [4.78, 5) is 24.8. The van der Waals surface area contributed by atoms with Gasteiger partial charge < -0.3 is 15.0 Å². The second-order valence-corrected chi connectivity index (χ2v) is 4.04. The molecular weight excluding hydrogens is 280 g/mol. The van der Waals surface area contributed by atoms with Gasteiger partial charge in [-0.25, -0.2) is 9.78 Å². The summed E-state index contributed by atoms with van der Waals surface area (Å²) >= 11 is 0. The molecule has 0 bridgehead atoms. The number of nitrogens with zero attached hydrogens (tertiary/aromatic N) is 5. The molecule has 0 aliphatic rings. The maximum Gasteiger partial charge on any atom is 0.342 e. The fourth-order valence-electron chi connectivity index (χ4n) is 1.71. The number of rotatable bonds is 6. The summed E-state index contributed by atoms with van der Waals surface area (Å²) in [6.07, 6.45) is 2.49. The Labute approximate surface area is 118 Å². The molecule has 0 saturated heterocycles. The average Bonchev–Trinajstić information content (AvgIpc) is 2.92. The van der Waals surface area contributed by atoms with Gasteiger partial charge >= 0.3 is 11.7 Å². The minimum absolute atomic E-state index is 0.212. The van der Waals surface area contributed by atoms with Crippen molar-refractivity contribution in [3.05, 3.63) is 40.1 Å². The summed E-state index contributed by atoms with van der Waals surface area (Å²) in [6.45, 7) is 2.90. The lowest BCUT2D eigenvalue weighted by Crippen LogP contribution is -2.10. The molecule has 110 valence electrons. The molecule has 2 heterocycles. The zero-order valence-electron chi connectivity index (χ0n) is 11.1. The lowest BCUT2D eigenvalue weighted by molar-refractivity contribution is -0.385. The van der Waals surface area contributed by atoms with Crippen molar-refractivity contribution < 1.29 is 14.8 Å². The highest BCUT2D eigenvalue weighted by molar-refractivity contribution is 5.93. The molecule has 2 aromatic heterocycles. The van der Waals surface area contributed by atoms with Crippen molar-refractivity contribution in [2.75, 3.05) is 5.32 Å². The Kier molecular flexibility index (Phi) is 4.07. The van der Waals surface area contributed by atoms with Crippen LogP contribution in [0.1, 0.15) is 23.1 Å². The highest BCUT2D eigenvalue weighted by Crippen LogP contribution is 2.20. The Balaban J connectivity index is 2.19. The van der Waals surface area contributed by atoms with E-state index in [1.54, 1.807) is 10.9 Å². The third kappa shape index (κ3) is 3.11. The first-order valence-electron chi connectivity index (χ1n) is 6.01. The van der Waals surface area contributed by atoms with Crippen LogP contribution in [0.3, 0.4) is 0 Å².